The number of benzene rings is 2. The summed E-state index contributed by atoms with van der Waals surface area (Å²) in [7, 11) is -3.76. The molecule has 8 nitrogen and oxygen atoms in total. The fraction of sp³-hybridized carbons (Fsp3) is 0.385. The van der Waals surface area contributed by atoms with Crippen LogP contribution in [0.15, 0.2) is 59.6 Å². The zero-order valence-corrected chi connectivity index (χ0v) is 21.5. The first-order valence-corrected chi connectivity index (χ1v) is 13.0. The van der Waals surface area contributed by atoms with Gasteiger partial charge in [-0.15, -0.1) is 0 Å². The van der Waals surface area contributed by atoms with E-state index in [-0.39, 0.29) is 22.8 Å². The van der Waals surface area contributed by atoms with Crippen molar-refractivity contribution in [1.82, 2.24) is 9.88 Å². The lowest BCUT2D eigenvalue weighted by Crippen LogP contribution is -2.43. The van der Waals surface area contributed by atoms with Crippen molar-refractivity contribution >= 4 is 38.5 Å². The average molecular weight is 500 g/mol. The highest BCUT2D eigenvalue weighted by atomic mass is 32.2. The molecule has 0 aliphatic rings. The number of carboxylic acids is 1. The van der Waals surface area contributed by atoms with E-state index in [9.17, 15) is 23.1 Å². The Morgan fingerprint density at radius 3 is 2.26 bits per heavy atom. The van der Waals surface area contributed by atoms with Crippen LogP contribution in [0.4, 0.5) is 5.69 Å². The van der Waals surface area contributed by atoms with Gasteiger partial charge >= 0.3 is 5.97 Å². The fourth-order valence-corrected chi connectivity index (χ4v) is 4.89. The van der Waals surface area contributed by atoms with E-state index in [4.69, 9.17) is 0 Å². The molecule has 0 bridgehead atoms. The number of carbonyl (C=O) groups is 2. The maximum atomic E-state index is 12.9. The molecular weight excluding hydrogens is 466 g/mol. The number of hydrogen-bond acceptors (Lipinski definition) is 4. The minimum Gasteiger partial charge on any atom is -0.480 e. The normalized spacial score (nSPS) is 13.1. The van der Waals surface area contributed by atoms with Crippen molar-refractivity contribution in [3.8, 4) is 0 Å². The molecule has 188 valence electrons. The maximum absolute atomic E-state index is 12.9. The van der Waals surface area contributed by atoms with Crippen LogP contribution in [0.1, 0.15) is 46.6 Å². The van der Waals surface area contributed by atoms with Gasteiger partial charge in [-0.1, -0.05) is 46.8 Å². The molecule has 0 fully saturated rings. The van der Waals surface area contributed by atoms with Crippen LogP contribution in [0.5, 0.6) is 0 Å². The van der Waals surface area contributed by atoms with Crippen molar-refractivity contribution in [2.24, 2.45) is 5.92 Å². The second kappa shape index (κ2) is 10.1. The van der Waals surface area contributed by atoms with Crippen molar-refractivity contribution in [3.63, 3.8) is 0 Å². The predicted octanol–water partition coefficient (Wildman–Crippen LogP) is 4.36. The summed E-state index contributed by atoms with van der Waals surface area (Å²) < 4.78 is 30.0. The van der Waals surface area contributed by atoms with E-state index >= 15 is 0 Å². The van der Waals surface area contributed by atoms with Crippen LogP contribution in [0.3, 0.4) is 0 Å². The highest BCUT2D eigenvalue weighted by Gasteiger charge is 2.22. The molecule has 0 radical (unpaired) electrons. The summed E-state index contributed by atoms with van der Waals surface area (Å²) >= 11 is 0. The molecule has 0 spiro atoms. The number of nitrogens with zero attached hydrogens (tertiary/aromatic N) is 1. The Morgan fingerprint density at radius 1 is 1.03 bits per heavy atom. The number of nitrogens with one attached hydrogen (secondary N) is 2. The van der Waals surface area contributed by atoms with Gasteiger partial charge in [-0.25, -0.2) is 13.2 Å². The number of carbonyl (C=O) groups excluding carboxylic acids is 1. The molecule has 0 saturated heterocycles. The topological polar surface area (TPSA) is 118 Å². The van der Waals surface area contributed by atoms with Crippen molar-refractivity contribution in [2.45, 2.75) is 63.9 Å². The number of aliphatic carboxylic acids is 1. The molecule has 35 heavy (non-hydrogen) atoms. The summed E-state index contributed by atoms with van der Waals surface area (Å²) in [4.78, 5) is 24.1. The summed E-state index contributed by atoms with van der Waals surface area (Å²) in [5.74, 6) is -1.34. The lowest BCUT2D eigenvalue weighted by Gasteiger charge is -2.19. The molecule has 1 atom stereocenters. The number of carboxylic acid groups (broad SMARTS) is 1. The van der Waals surface area contributed by atoms with Crippen LogP contribution in [0.2, 0.25) is 0 Å². The van der Waals surface area contributed by atoms with Crippen molar-refractivity contribution in [3.05, 3.63) is 60.3 Å². The lowest BCUT2D eigenvalue weighted by molar-refractivity contribution is -0.142. The summed E-state index contributed by atoms with van der Waals surface area (Å²) in [6, 6.07) is 12.7. The third kappa shape index (κ3) is 6.63. The Morgan fingerprint density at radius 2 is 1.69 bits per heavy atom. The highest BCUT2D eigenvalue weighted by Crippen LogP contribution is 2.26. The first-order chi connectivity index (χ1) is 16.3. The number of amides is 1. The Hall–Kier alpha value is -3.33. The smallest absolute Gasteiger partial charge is 0.326 e. The molecule has 1 heterocycles. The van der Waals surface area contributed by atoms with E-state index in [1.54, 1.807) is 47.2 Å². The van der Waals surface area contributed by atoms with Crippen LogP contribution in [0, 0.1) is 5.92 Å². The molecule has 0 aliphatic carbocycles. The second-order valence-corrected chi connectivity index (χ2v) is 11.9. The fourth-order valence-electron chi connectivity index (χ4n) is 3.84. The third-order valence-corrected chi connectivity index (χ3v) is 7.11. The van der Waals surface area contributed by atoms with Crippen LogP contribution < -0.4 is 10.0 Å². The minimum absolute atomic E-state index is 0.0451. The van der Waals surface area contributed by atoms with E-state index in [0.717, 1.165) is 16.5 Å². The molecular formula is C26H33N3O5S. The van der Waals surface area contributed by atoms with E-state index in [2.05, 4.69) is 30.8 Å². The number of fused-ring (bicyclic) bond motifs is 1. The molecule has 2 aromatic carbocycles. The van der Waals surface area contributed by atoms with E-state index in [1.807, 2.05) is 26.0 Å². The molecule has 0 saturated carbocycles. The Balaban J connectivity index is 1.73. The van der Waals surface area contributed by atoms with E-state index < -0.39 is 27.9 Å². The molecule has 3 rings (SSSR count). The Bertz CT molecular complexity index is 1320. The van der Waals surface area contributed by atoms with Gasteiger partial charge in [-0.05, 0) is 59.7 Å². The third-order valence-electron chi connectivity index (χ3n) is 5.71. The largest absolute Gasteiger partial charge is 0.480 e. The molecule has 9 heteroatoms. The number of aromatic nitrogens is 1. The Kier molecular flexibility index (Phi) is 7.59. The van der Waals surface area contributed by atoms with E-state index in [1.165, 1.54) is 0 Å². The predicted molar refractivity (Wildman–Crippen MR) is 137 cm³/mol. The molecule has 0 aliphatic heterocycles. The SMILES string of the molecule is CC(C)C[C@H](NC(=O)Cn1ccc2cc(NS(=O)(=O)c3ccc(C(C)(C)C)cc3)ccc21)C(=O)O. The summed E-state index contributed by atoms with van der Waals surface area (Å²) in [6.45, 7) is 9.95. The quantitative estimate of drug-likeness (QED) is 0.404. The van der Waals surface area contributed by atoms with Crippen LogP contribution in [0.25, 0.3) is 10.9 Å². The Labute approximate surface area is 206 Å². The first-order valence-electron chi connectivity index (χ1n) is 11.5. The standard InChI is InChI=1S/C26H33N3O5S/c1-17(2)14-22(25(31)32)27-24(30)16-29-13-12-18-15-20(8-11-23(18)29)28-35(33,34)21-9-6-19(7-10-21)26(3,4)5/h6-13,15,17,22,28H,14,16H2,1-5H3,(H,27,30)(H,31,32)/t22-/m0/s1. The lowest BCUT2D eigenvalue weighted by atomic mass is 9.87. The van der Waals surface area contributed by atoms with Gasteiger partial charge in [0.2, 0.25) is 5.91 Å². The van der Waals surface area contributed by atoms with Gasteiger partial charge in [0.25, 0.3) is 10.0 Å². The van der Waals surface area contributed by atoms with Crippen LogP contribution in [-0.2, 0) is 31.6 Å². The minimum atomic E-state index is -3.76. The zero-order chi connectivity index (χ0) is 26.0. The molecule has 3 aromatic rings. The molecule has 3 N–H and O–H groups in total. The van der Waals surface area contributed by atoms with Crippen molar-refractivity contribution in [2.75, 3.05) is 4.72 Å². The average Bonchev–Trinajstić information content (AvgIpc) is 3.13. The van der Waals surface area contributed by atoms with Gasteiger partial charge in [0.05, 0.1) is 4.90 Å². The van der Waals surface area contributed by atoms with Gasteiger partial charge in [0.15, 0.2) is 0 Å². The summed E-state index contributed by atoms with van der Waals surface area (Å²) in [5, 5.41) is 12.7. The number of sulfonamides is 1. The maximum Gasteiger partial charge on any atom is 0.326 e. The molecule has 1 amide bonds. The van der Waals surface area contributed by atoms with E-state index in [0.29, 0.717) is 12.1 Å². The van der Waals surface area contributed by atoms with Gasteiger partial charge < -0.3 is 15.0 Å². The molecule has 0 unspecified atom stereocenters. The number of hydrogen-bond donors (Lipinski definition) is 3. The van der Waals surface area contributed by atoms with Gasteiger partial charge in [-0.3, -0.25) is 9.52 Å². The first kappa shape index (κ1) is 26.3. The van der Waals surface area contributed by atoms with Crippen LogP contribution in [-0.4, -0.2) is 36.0 Å². The van der Waals surface area contributed by atoms with Gasteiger partial charge in [0, 0.05) is 22.8 Å². The monoisotopic (exact) mass is 499 g/mol. The highest BCUT2D eigenvalue weighted by molar-refractivity contribution is 7.92. The second-order valence-electron chi connectivity index (χ2n) is 10.2. The number of rotatable bonds is 9. The van der Waals surface area contributed by atoms with Gasteiger partial charge in [-0.2, -0.15) is 0 Å². The van der Waals surface area contributed by atoms with Gasteiger partial charge in [0.1, 0.15) is 12.6 Å². The van der Waals surface area contributed by atoms with Crippen LogP contribution >= 0.6 is 0 Å². The molecule has 1 aromatic heterocycles. The van der Waals surface area contributed by atoms with Crippen molar-refractivity contribution < 1.29 is 23.1 Å². The van der Waals surface area contributed by atoms with Crippen molar-refractivity contribution in [1.29, 1.82) is 0 Å². The zero-order valence-electron chi connectivity index (χ0n) is 20.7. The number of anilines is 1. The summed E-state index contributed by atoms with van der Waals surface area (Å²) in [5.41, 5.74) is 2.10. The summed E-state index contributed by atoms with van der Waals surface area (Å²) in [6.07, 6.45) is 2.06.